The molecule has 9 nitrogen and oxygen atoms in total. The van der Waals surface area contributed by atoms with Gasteiger partial charge < -0.3 is 31.3 Å². The topological polar surface area (TPSA) is 171 Å². The standard InChI is InChI=1S/C8H5NO6.C6H12N2.Pt/c10-7(11)4-2-1-3-5(8(12)13)6(4)9(14)15;7-5-3-1-2-4-6(5)8;/h1-3H,(H,10,11)(H,12,13);5-8H,1-4H2;/q;-2;+4/p-2. The van der Waals surface area contributed by atoms with E-state index in [2.05, 4.69) is 0 Å². The first kappa shape index (κ1) is 22.2. The normalized spacial score (nSPS) is 19.2. The summed E-state index contributed by atoms with van der Waals surface area (Å²) in [6, 6.07) is 2.68. The molecule has 2 N–H and O–H groups in total. The van der Waals surface area contributed by atoms with Crippen LogP contribution in [0, 0.1) is 10.1 Å². The van der Waals surface area contributed by atoms with Crippen molar-refractivity contribution in [2.24, 2.45) is 0 Å². The minimum absolute atomic E-state index is 0. The second-order valence-electron chi connectivity index (χ2n) is 5.03. The van der Waals surface area contributed by atoms with Crippen LogP contribution in [0.25, 0.3) is 11.5 Å². The van der Waals surface area contributed by atoms with Gasteiger partial charge in [0, 0.05) is 0 Å². The average molecular weight is 516 g/mol. The Morgan fingerprint density at radius 1 is 1.00 bits per heavy atom. The van der Waals surface area contributed by atoms with Gasteiger partial charge in [-0.2, -0.15) is 12.1 Å². The van der Waals surface area contributed by atoms with Crippen LogP contribution in [0.4, 0.5) is 5.69 Å². The van der Waals surface area contributed by atoms with Gasteiger partial charge >= 0.3 is 21.1 Å². The predicted molar refractivity (Wildman–Crippen MR) is 76.4 cm³/mol. The molecule has 1 fully saturated rings. The third kappa shape index (κ3) is 5.99. The first-order chi connectivity index (χ1) is 10.8. The molecule has 10 heteroatoms. The van der Waals surface area contributed by atoms with Crippen molar-refractivity contribution in [3.05, 3.63) is 50.9 Å². The SMILES string of the molecule is O=C([O-])c1cccc(C(=O)[O-])c1[N+](=O)[O-].[NH-]C1CCCCC1[NH-].[Pt+4]. The van der Waals surface area contributed by atoms with Gasteiger partial charge in [-0.15, -0.1) is 0 Å². The molecule has 1 saturated carbocycles. The van der Waals surface area contributed by atoms with Gasteiger partial charge in [-0.1, -0.05) is 31.7 Å². The van der Waals surface area contributed by atoms with Crippen molar-refractivity contribution in [1.82, 2.24) is 0 Å². The van der Waals surface area contributed by atoms with E-state index in [1.54, 1.807) is 0 Å². The predicted octanol–water partition coefficient (Wildman–Crippen LogP) is 0.721. The molecule has 0 bridgehead atoms. The Labute approximate surface area is 152 Å². The van der Waals surface area contributed by atoms with Crippen molar-refractivity contribution in [1.29, 1.82) is 0 Å². The number of nitrogens with zero attached hydrogens (tertiary/aromatic N) is 1. The summed E-state index contributed by atoms with van der Waals surface area (Å²) in [4.78, 5) is 30.3. The fraction of sp³-hybridized carbons (Fsp3) is 0.429. The minimum Gasteiger partial charge on any atom is -0.676 e. The molecular formula is C14H15N3O6Pt. The van der Waals surface area contributed by atoms with Crippen LogP contribution in [-0.4, -0.2) is 28.9 Å². The van der Waals surface area contributed by atoms with Gasteiger partial charge in [0.1, 0.15) is 0 Å². The van der Waals surface area contributed by atoms with Gasteiger partial charge in [0.2, 0.25) is 0 Å². The number of carbonyl (C=O) groups excluding carboxylic acids is 2. The molecule has 1 aromatic rings. The van der Waals surface area contributed by atoms with Crippen LogP contribution in [0.3, 0.4) is 0 Å². The Morgan fingerprint density at radius 2 is 1.38 bits per heavy atom. The molecule has 1 aromatic carbocycles. The fourth-order valence-electron chi connectivity index (χ4n) is 2.20. The van der Waals surface area contributed by atoms with Crippen LogP contribution in [0.2, 0.25) is 0 Å². The first-order valence-electron chi connectivity index (χ1n) is 6.88. The molecule has 0 heterocycles. The van der Waals surface area contributed by atoms with E-state index < -0.39 is 33.7 Å². The zero-order chi connectivity index (χ0) is 17.6. The molecule has 1 aliphatic rings. The van der Waals surface area contributed by atoms with E-state index in [0.29, 0.717) is 0 Å². The summed E-state index contributed by atoms with van der Waals surface area (Å²) < 4.78 is 0. The van der Waals surface area contributed by atoms with Crippen LogP contribution in [0.1, 0.15) is 46.4 Å². The molecule has 0 amide bonds. The molecule has 2 unspecified atom stereocenters. The van der Waals surface area contributed by atoms with Crippen LogP contribution in [-0.2, 0) is 21.1 Å². The first-order valence-corrected chi connectivity index (χ1v) is 6.88. The summed E-state index contributed by atoms with van der Waals surface area (Å²) in [5, 5.41) is 31.4. The summed E-state index contributed by atoms with van der Waals surface area (Å²) >= 11 is 0. The van der Waals surface area contributed by atoms with Crippen LogP contribution in [0.15, 0.2) is 18.2 Å². The number of rotatable bonds is 3. The molecule has 0 aliphatic heterocycles. The smallest absolute Gasteiger partial charge is 0.676 e. The van der Waals surface area contributed by atoms with E-state index in [1.165, 1.54) is 12.8 Å². The molecule has 0 spiro atoms. The van der Waals surface area contributed by atoms with E-state index in [4.69, 9.17) is 11.5 Å². The number of carboxylic acids is 2. The number of hydrogen-bond acceptors (Lipinski definition) is 6. The Kier molecular flexibility index (Phi) is 9.35. The fourth-order valence-corrected chi connectivity index (χ4v) is 2.20. The van der Waals surface area contributed by atoms with Crippen molar-refractivity contribution < 1.29 is 45.8 Å². The summed E-state index contributed by atoms with van der Waals surface area (Å²) in [5.41, 5.74) is 12.0. The number of nitrogens with one attached hydrogen (secondary N) is 2. The zero-order valence-electron chi connectivity index (χ0n) is 12.4. The average Bonchev–Trinajstić information content (AvgIpc) is 2.50. The molecule has 0 aromatic heterocycles. The second kappa shape index (κ2) is 10.1. The van der Waals surface area contributed by atoms with Gasteiger partial charge in [-0.3, -0.25) is 10.1 Å². The molecule has 2 rings (SSSR count). The van der Waals surface area contributed by atoms with E-state index >= 15 is 0 Å². The van der Waals surface area contributed by atoms with Crippen molar-refractivity contribution in [3.63, 3.8) is 0 Å². The summed E-state index contributed by atoms with van der Waals surface area (Å²) in [6.07, 6.45) is 4.25. The largest absolute Gasteiger partial charge is 4.00 e. The number of carbonyl (C=O) groups is 2. The number of nitro groups is 1. The van der Waals surface area contributed by atoms with Crippen LogP contribution in [0.5, 0.6) is 0 Å². The quantitative estimate of drug-likeness (QED) is 0.423. The van der Waals surface area contributed by atoms with Gasteiger partial charge in [0.15, 0.2) is 0 Å². The zero-order valence-corrected chi connectivity index (χ0v) is 14.7. The molecule has 24 heavy (non-hydrogen) atoms. The van der Waals surface area contributed by atoms with Crippen molar-refractivity contribution in [3.8, 4) is 0 Å². The Balaban J connectivity index is 0.000000498. The minimum atomic E-state index is -1.82. The molecule has 0 saturated heterocycles. The van der Waals surface area contributed by atoms with E-state index in [1.807, 2.05) is 0 Å². The summed E-state index contributed by atoms with van der Waals surface area (Å²) in [5.74, 6) is -3.63. The Bertz CT molecular complexity index is 568. The van der Waals surface area contributed by atoms with Gasteiger partial charge in [-0.05, 0) is 12.1 Å². The van der Waals surface area contributed by atoms with E-state index in [9.17, 15) is 29.9 Å². The number of hydrogen-bond donors (Lipinski definition) is 0. The molecule has 1 aliphatic carbocycles. The monoisotopic (exact) mass is 516 g/mol. The maximum Gasteiger partial charge on any atom is 4.00 e. The third-order valence-corrected chi connectivity index (χ3v) is 3.42. The Morgan fingerprint density at radius 3 is 1.62 bits per heavy atom. The van der Waals surface area contributed by atoms with E-state index in [0.717, 1.165) is 31.0 Å². The number of carboxylic acid groups (broad SMARTS) is 2. The summed E-state index contributed by atoms with van der Waals surface area (Å²) in [6.45, 7) is 0. The third-order valence-electron chi connectivity index (χ3n) is 3.42. The molecule has 132 valence electrons. The van der Waals surface area contributed by atoms with Gasteiger partial charge in [0.05, 0.1) is 28.0 Å². The van der Waals surface area contributed by atoms with Crippen molar-refractivity contribution in [2.45, 2.75) is 37.8 Å². The molecule has 2 atom stereocenters. The number of benzene rings is 1. The Hall–Kier alpha value is -1.83. The molecular weight excluding hydrogens is 501 g/mol. The van der Waals surface area contributed by atoms with Crippen LogP contribution >= 0.6 is 0 Å². The van der Waals surface area contributed by atoms with Crippen LogP contribution < -0.4 is 10.2 Å². The number of para-hydroxylation sites is 1. The number of nitro benzene ring substituents is 1. The van der Waals surface area contributed by atoms with Gasteiger partial charge in [-0.25, -0.2) is 0 Å². The number of aromatic carboxylic acids is 2. The maximum atomic E-state index is 10.5. The van der Waals surface area contributed by atoms with Gasteiger partial charge in [0.25, 0.3) is 5.69 Å². The maximum absolute atomic E-state index is 10.5. The van der Waals surface area contributed by atoms with Crippen molar-refractivity contribution >= 4 is 17.6 Å². The summed E-state index contributed by atoms with van der Waals surface area (Å²) in [7, 11) is 0. The van der Waals surface area contributed by atoms with E-state index in [-0.39, 0.29) is 33.1 Å². The second-order valence-corrected chi connectivity index (χ2v) is 5.03. The molecule has 0 radical (unpaired) electrons. The van der Waals surface area contributed by atoms with Crippen molar-refractivity contribution in [2.75, 3.05) is 0 Å².